The largest absolute Gasteiger partial charge is 0.480 e. The standard InChI is InChI=1S/C22H35N3O4/c1-3-16(4-2)21(26)25-19(22(27)28)12-15-29-14-6-5-9-18-11-10-17-8-7-13-23-20(17)24-18/h10-11,16,19H,3-9,12-15H2,1-2H3,(H,23,24)(H,25,26)(H,27,28). The van der Waals surface area contributed by atoms with E-state index in [1.807, 2.05) is 13.8 Å². The van der Waals surface area contributed by atoms with Crippen molar-refractivity contribution in [1.29, 1.82) is 0 Å². The van der Waals surface area contributed by atoms with E-state index in [0.29, 0.717) is 26.1 Å². The quantitative estimate of drug-likeness (QED) is 0.436. The Morgan fingerprint density at radius 1 is 1.24 bits per heavy atom. The van der Waals surface area contributed by atoms with E-state index < -0.39 is 12.0 Å². The first-order valence-electron chi connectivity index (χ1n) is 10.9. The third-order valence-electron chi connectivity index (χ3n) is 5.45. The molecular formula is C22H35N3O4. The Labute approximate surface area is 173 Å². The molecule has 3 N–H and O–H groups in total. The highest BCUT2D eigenvalue weighted by Gasteiger charge is 2.23. The van der Waals surface area contributed by atoms with Gasteiger partial charge < -0.3 is 20.5 Å². The number of fused-ring (bicyclic) bond motifs is 1. The van der Waals surface area contributed by atoms with E-state index in [2.05, 4.69) is 27.8 Å². The third-order valence-corrected chi connectivity index (χ3v) is 5.45. The van der Waals surface area contributed by atoms with Crippen LogP contribution in [0.25, 0.3) is 0 Å². The van der Waals surface area contributed by atoms with Gasteiger partial charge in [-0.15, -0.1) is 0 Å². The number of aryl methyl sites for hydroxylation is 2. The number of hydrogen-bond donors (Lipinski definition) is 3. The first-order chi connectivity index (χ1) is 14.0. The molecule has 0 fully saturated rings. The molecule has 29 heavy (non-hydrogen) atoms. The van der Waals surface area contributed by atoms with Gasteiger partial charge in [0.1, 0.15) is 11.9 Å². The van der Waals surface area contributed by atoms with Crippen LogP contribution in [0.3, 0.4) is 0 Å². The van der Waals surface area contributed by atoms with Crippen LogP contribution in [0, 0.1) is 5.92 Å². The number of amides is 1. The van der Waals surface area contributed by atoms with Gasteiger partial charge in [0.05, 0.1) is 0 Å². The fraction of sp³-hybridized carbons (Fsp3) is 0.682. The normalized spacial score (nSPS) is 14.2. The van der Waals surface area contributed by atoms with Crippen molar-refractivity contribution in [2.24, 2.45) is 5.92 Å². The molecule has 0 aromatic carbocycles. The van der Waals surface area contributed by atoms with E-state index in [0.717, 1.165) is 50.2 Å². The number of aromatic nitrogens is 1. The lowest BCUT2D eigenvalue weighted by Crippen LogP contribution is -2.44. The Bertz CT molecular complexity index is 661. The van der Waals surface area contributed by atoms with Crippen LogP contribution in [-0.2, 0) is 27.2 Å². The minimum Gasteiger partial charge on any atom is -0.480 e. The van der Waals surface area contributed by atoms with Gasteiger partial charge >= 0.3 is 5.97 Å². The zero-order valence-corrected chi connectivity index (χ0v) is 17.7. The molecular weight excluding hydrogens is 370 g/mol. The van der Waals surface area contributed by atoms with Crippen molar-refractivity contribution in [2.45, 2.75) is 71.3 Å². The fourth-order valence-corrected chi connectivity index (χ4v) is 3.53. The summed E-state index contributed by atoms with van der Waals surface area (Å²) in [7, 11) is 0. The third kappa shape index (κ3) is 7.65. The molecule has 1 aliphatic heterocycles. The molecule has 0 radical (unpaired) electrons. The Hall–Kier alpha value is -2.15. The summed E-state index contributed by atoms with van der Waals surface area (Å²) in [5.41, 5.74) is 2.39. The first kappa shape index (κ1) is 23.1. The number of carboxylic acid groups (broad SMARTS) is 1. The molecule has 0 bridgehead atoms. The maximum atomic E-state index is 12.1. The first-order valence-corrected chi connectivity index (χ1v) is 10.9. The van der Waals surface area contributed by atoms with E-state index in [9.17, 15) is 14.7 Å². The Morgan fingerprint density at radius 3 is 2.76 bits per heavy atom. The van der Waals surface area contributed by atoms with Crippen LogP contribution in [0.2, 0.25) is 0 Å². The molecule has 1 unspecified atom stereocenters. The van der Waals surface area contributed by atoms with Crippen LogP contribution in [0.5, 0.6) is 0 Å². The van der Waals surface area contributed by atoms with Crippen molar-refractivity contribution in [3.8, 4) is 0 Å². The van der Waals surface area contributed by atoms with Gasteiger partial charge in [-0.1, -0.05) is 19.9 Å². The lowest BCUT2D eigenvalue weighted by molar-refractivity contribution is -0.143. The van der Waals surface area contributed by atoms with Crippen molar-refractivity contribution in [1.82, 2.24) is 10.3 Å². The highest BCUT2D eigenvalue weighted by Crippen LogP contribution is 2.20. The van der Waals surface area contributed by atoms with Crippen LogP contribution in [-0.4, -0.2) is 47.8 Å². The number of anilines is 1. The summed E-state index contributed by atoms with van der Waals surface area (Å²) in [6, 6.07) is 3.38. The second-order valence-electron chi connectivity index (χ2n) is 7.61. The van der Waals surface area contributed by atoms with Crippen molar-refractivity contribution < 1.29 is 19.4 Å². The molecule has 1 atom stereocenters. The van der Waals surface area contributed by atoms with Gasteiger partial charge in [-0.2, -0.15) is 0 Å². The van der Waals surface area contributed by atoms with Gasteiger partial charge in [0.2, 0.25) is 5.91 Å². The molecule has 1 aliphatic rings. The van der Waals surface area contributed by atoms with Crippen molar-refractivity contribution in [3.63, 3.8) is 0 Å². The van der Waals surface area contributed by atoms with E-state index in [1.54, 1.807) is 0 Å². The minimum atomic E-state index is -1.01. The summed E-state index contributed by atoms with van der Waals surface area (Å²) in [5, 5.41) is 15.3. The minimum absolute atomic E-state index is 0.134. The molecule has 2 heterocycles. The molecule has 1 aromatic heterocycles. The van der Waals surface area contributed by atoms with Crippen LogP contribution < -0.4 is 10.6 Å². The van der Waals surface area contributed by atoms with E-state index in [-0.39, 0.29) is 18.2 Å². The number of unbranched alkanes of at least 4 members (excludes halogenated alkanes) is 1. The summed E-state index contributed by atoms with van der Waals surface area (Å²) < 4.78 is 5.59. The average Bonchev–Trinajstić information content (AvgIpc) is 2.72. The number of carbonyl (C=O) groups is 2. The molecule has 2 rings (SSSR count). The number of hydrogen-bond acceptors (Lipinski definition) is 5. The number of carbonyl (C=O) groups excluding carboxylic acids is 1. The van der Waals surface area contributed by atoms with Crippen LogP contribution in [0.15, 0.2) is 12.1 Å². The van der Waals surface area contributed by atoms with E-state index >= 15 is 0 Å². The highest BCUT2D eigenvalue weighted by atomic mass is 16.5. The predicted octanol–water partition coefficient (Wildman–Crippen LogP) is 3.17. The topological polar surface area (TPSA) is 101 Å². The molecule has 0 spiro atoms. The smallest absolute Gasteiger partial charge is 0.326 e. The molecule has 0 saturated carbocycles. The second-order valence-corrected chi connectivity index (χ2v) is 7.61. The van der Waals surface area contributed by atoms with E-state index in [4.69, 9.17) is 4.74 Å². The monoisotopic (exact) mass is 405 g/mol. The van der Waals surface area contributed by atoms with E-state index in [1.165, 1.54) is 5.56 Å². The number of aliphatic carboxylic acids is 1. The number of rotatable bonds is 13. The highest BCUT2D eigenvalue weighted by molar-refractivity contribution is 5.84. The zero-order valence-electron chi connectivity index (χ0n) is 17.7. The van der Waals surface area contributed by atoms with Crippen LogP contribution in [0.1, 0.15) is 63.6 Å². The van der Waals surface area contributed by atoms with Crippen molar-refractivity contribution >= 4 is 17.7 Å². The molecule has 0 aliphatic carbocycles. The number of pyridine rings is 1. The number of carboxylic acids is 1. The average molecular weight is 406 g/mol. The fourth-order valence-electron chi connectivity index (χ4n) is 3.53. The van der Waals surface area contributed by atoms with Gasteiger partial charge in [0.15, 0.2) is 0 Å². The molecule has 1 amide bonds. The summed E-state index contributed by atoms with van der Waals surface area (Å²) in [4.78, 5) is 28.2. The maximum absolute atomic E-state index is 12.1. The Morgan fingerprint density at radius 2 is 2.03 bits per heavy atom. The van der Waals surface area contributed by atoms with Gasteiger partial charge in [-0.3, -0.25) is 4.79 Å². The summed E-state index contributed by atoms with van der Waals surface area (Å²) in [6.45, 7) is 5.76. The Balaban J connectivity index is 1.61. The van der Waals surface area contributed by atoms with Crippen molar-refractivity contribution in [3.05, 3.63) is 23.4 Å². The molecule has 7 heteroatoms. The van der Waals surface area contributed by atoms with Crippen LogP contribution >= 0.6 is 0 Å². The lowest BCUT2D eigenvalue weighted by Gasteiger charge is -2.18. The summed E-state index contributed by atoms with van der Waals surface area (Å²) in [6.07, 6.45) is 6.72. The maximum Gasteiger partial charge on any atom is 0.326 e. The van der Waals surface area contributed by atoms with Gasteiger partial charge in [-0.05, 0) is 56.6 Å². The molecule has 7 nitrogen and oxygen atoms in total. The number of nitrogens with one attached hydrogen (secondary N) is 2. The SMILES string of the molecule is CCC(CC)C(=O)NC(CCOCCCCc1ccc2c(n1)NCCC2)C(=O)O. The second kappa shape index (κ2) is 12.4. The number of nitrogens with zero attached hydrogens (tertiary/aromatic N) is 1. The van der Waals surface area contributed by atoms with Crippen LogP contribution in [0.4, 0.5) is 5.82 Å². The summed E-state index contributed by atoms with van der Waals surface area (Å²) in [5.74, 6) is -0.306. The molecule has 162 valence electrons. The number of ether oxygens (including phenoxy) is 1. The van der Waals surface area contributed by atoms with Gasteiger partial charge in [-0.25, -0.2) is 9.78 Å². The lowest BCUT2D eigenvalue weighted by atomic mass is 10.0. The molecule has 0 saturated heterocycles. The Kier molecular flexibility index (Phi) is 9.91. The summed E-state index contributed by atoms with van der Waals surface area (Å²) >= 11 is 0. The van der Waals surface area contributed by atoms with Gasteiger partial charge in [0.25, 0.3) is 0 Å². The van der Waals surface area contributed by atoms with Crippen molar-refractivity contribution in [2.75, 3.05) is 25.1 Å². The zero-order chi connectivity index (χ0) is 21.1. The van der Waals surface area contributed by atoms with Gasteiger partial charge in [0, 0.05) is 37.8 Å². The molecule has 1 aromatic rings. The predicted molar refractivity (Wildman–Crippen MR) is 113 cm³/mol.